The van der Waals surface area contributed by atoms with Crippen LogP contribution < -0.4 is 5.49 Å². The molecule has 0 fully saturated rings. The van der Waals surface area contributed by atoms with Gasteiger partial charge in [0.05, 0.1) is 11.1 Å². The fourth-order valence-corrected chi connectivity index (χ4v) is 2.19. The fourth-order valence-electron chi connectivity index (χ4n) is 2.19. The van der Waals surface area contributed by atoms with E-state index in [0.717, 1.165) is 4.57 Å². The third kappa shape index (κ3) is 4.53. The zero-order chi connectivity index (χ0) is 19.7. The van der Waals surface area contributed by atoms with Gasteiger partial charge in [-0.25, -0.2) is 0 Å². The Morgan fingerprint density at radius 1 is 0.962 bits per heavy atom. The molecular formula is C17H14F6N2O. The van der Waals surface area contributed by atoms with Gasteiger partial charge in [-0.2, -0.15) is 26.3 Å². The number of nitrogens with zero attached hydrogens (tertiary/aromatic N) is 2. The molecule has 0 aliphatic carbocycles. The molecule has 0 amide bonds. The van der Waals surface area contributed by atoms with Gasteiger partial charge < -0.3 is 0 Å². The smallest absolute Gasteiger partial charge is 0.268 e. The predicted octanol–water partition coefficient (Wildman–Crippen LogP) is 4.52. The van der Waals surface area contributed by atoms with Crippen molar-refractivity contribution in [3.63, 3.8) is 0 Å². The summed E-state index contributed by atoms with van der Waals surface area (Å²) in [4.78, 5) is 16.7. The molecular weight excluding hydrogens is 362 g/mol. The van der Waals surface area contributed by atoms with Gasteiger partial charge in [0.15, 0.2) is 0 Å². The van der Waals surface area contributed by atoms with Crippen molar-refractivity contribution in [3.05, 3.63) is 64.8 Å². The summed E-state index contributed by atoms with van der Waals surface area (Å²) in [7, 11) is 0. The summed E-state index contributed by atoms with van der Waals surface area (Å²) >= 11 is 0. The van der Waals surface area contributed by atoms with Crippen LogP contribution in [0.4, 0.5) is 26.3 Å². The zero-order valence-electron chi connectivity index (χ0n) is 13.7. The molecule has 0 unspecified atom stereocenters. The van der Waals surface area contributed by atoms with Crippen molar-refractivity contribution in [1.29, 1.82) is 0 Å². The highest BCUT2D eigenvalue weighted by atomic mass is 19.4. The number of pyridine rings is 1. The Bertz CT molecular complexity index is 846. The molecule has 2 rings (SSSR count). The Balaban J connectivity index is 2.68. The van der Waals surface area contributed by atoms with E-state index in [1.807, 2.05) is 0 Å². The molecule has 0 N–H and O–H groups in total. The van der Waals surface area contributed by atoms with Crippen molar-refractivity contribution in [1.82, 2.24) is 4.57 Å². The molecule has 1 aromatic heterocycles. The lowest BCUT2D eigenvalue weighted by Crippen LogP contribution is -2.28. The van der Waals surface area contributed by atoms with Gasteiger partial charge in [-0.3, -0.25) is 14.4 Å². The van der Waals surface area contributed by atoms with Crippen LogP contribution in [0.25, 0.3) is 0 Å². The van der Waals surface area contributed by atoms with E-state index in [1.54, 1.807) is 19.9 Å². The summed E-state index contributed by atoms with van der Waals surface area (Å²) in [6.07, 6.45) is -8.82. The van der Waals surface area contributed by atoms with Crippen molar-refractivity contribution < 1.29 is 31.1 Å². The number of rotatable bonds is 2. The number of alkyl halides is 6. The Morgan fingerprint density at radius 3 is 1.96 bits per heavy atom. The van der Waals surface area contributed by atoms with E-state index in [9.17, 15) is 31.1 Å². The minimum atomic E-state index is -5.03. The first-order valence-corrected chi connectivity index (χ1v) is 7.45. The van der Waals surface area contributed by atoms with E-state index in [4.69, 9.17) is 0 Å². The van der Waals surface area contributed by atoms with Crippen LogP contribution in [-0.2, 0) is 12.4 Å². The normalized spacial score (nSPS) is 13.3. The first-order valence-electron chi connectivity index (χ1n) is 7.45. The summed E-state index contributed by atoms with van der Waals surface area (Å²) < 4.78 is 78.6. The second-order valence-electron chi connectivity index (χ2n) is 5.75. The highest BCUT2D eigenvalue weighted by Crippen LogP contribution is 2.36. The molecule has 0 atom stereocenters. The SMILES string of the molecule is CC(C)N=c1ccccn1C(=O)c1cc(C(F)(F)F)cc(C(F)(F)F)c1. The maximum Gasteiger partial charge on any atom is 0.416 e. The first-order chi connectivity index (χ1) is 11.9. The van der Waals surface area contributed by atoms with Crippen LogP contribution in [0.3, 0.4) is 0 Å². The Kier molecular flexibility index (Phi) is 5.29. The summed E-state index contributed by atoms with van der Waals surface area (Å²) in [5, 5.41) is 0. The predicted molar refractivity (Wildman–Crippen MR) is 81.3 cm³/mol. The van der Waals surface area contributed by atoms with Gasteiger partial charge in [0.1, 0.15) is 5.49 Å². The van der Waals surface area contributed by atoms with Gasteiger partial charge in [0.2, 0.25) is 0 Å². The van der Waals surface area contributed by atoms with Crippen LogP contribution in [-0.4, -0.2) is 16.5 Å². The molecule has 2 aromatic rings. The molecule has 3 nitrogen and oxygen atoms in total. The van der Waals surface area contributed by atoms with Gasteiger partial charge in [0.25, 0.3) is 5.91 Å². The van der Waals surface area contributed by atoms with E-state index >= 15 is 0 Å². The van der Waals surface area contributed by atoms with E-state index < -0.39 is 35.0 Å². The molecule has 0 spiro atoms. The molecule has 0 saturated heterocycles. The second kappa shape index (κ2) is 6.97. The quantitative estimate of drug-likeness (QED) is 0.710. The monoisotopic (exact) mass is 376 g/mol. The van der Waals surface area contributed by atoms with Gasteiger partial charge in [-0.05, 0) is 44.2 Å². The Morgan fingerprint density at radius 2 is 1.50 bits per heavy atom. The van der Waals surface area contributed by atoms with Crippen molar-refractivity contribution in [2.24, 2.45) is 4.99 Å². The third-order valence-corrected chi connectivity index (χ3v) is 3.28. The minimum Gasteiger partial charge on any atom is -0.268 e. The van der Waals surface area contributed by atoms with Crippen molar-refractivity contribution in [3.8, 4) is 0 Å². The van der Waals surface area contributed by atoms with Crippen LogP contribution >= 0.6 is 0 Å². The first kappa shape index (κ1) is 19.7. The lowest BCUT2D eigenvalue weighted by atomic mass is 10.0. The highest BCUT2D eigenvalue weighted by molar-refractivity contribution is 5.96. The van der Waals surface area contributed by atoms with Crippen LogP contribution in [0.5, 0.6) is 0 Å². The molecule has 0 saturated carbocycles. The topological polar surface area (TPSA) is 34.4 Å². The zero-order valence-corrected chi connectivity index (χ0v) is 13.7. The molecule has 0 aliphatic heterocycles. The average molecular weight is 376 g/mol. The number of hydrogen-bond donors (Lipinski definition) is 0. The summed E-state index contributed by atoms with van der Waals surface area (Å²) in [6.45, 7) is 3.43. The number of benzene rings is 1. The molecule has 9 heteroatoms. The molecule has 1 aromatic carbocycles. The number of hydrogen-bond acceptors (Lipinski definition) is 2. The number of halogens is 6. The molecule has 0 radical (unpaired) electrons. The molecule has 1 heterocycles. The van der Waals surface area contributed by atoms with Gasteiger partial charge >= 0.3 is 12.4 Å². The Hall–Kier alpha value is -2.58. The third-order valence-electron chi connectivity index (χ3n) is 3.28. The molecule has 140 valence electrons. The van der Waals surface area contributed by atoms with E-state index in [-0.39, 0.29) is 17.6 Å². The highest BCUT2D eigenvalue weighted by Gasteiger charge is 2.37. The minimum absolute atomic E-state index is 0.0220. The summed E-state index contributed by atoms with van der Waals surface area (Å²) in [5.41, 5.74) is -3.70. The number of aromatic nitrogens is 1. The van der Waals surface area contributed by atoms with Crippen molar-refractivity contribution in [2.75, 3.05) is 0 Å². The number of carbonyl (C=O) groups excluding carboxylic acids is 1. The van der Waals surface area contributed by atoms with E-state index in [1.165, 1.54) is 18.3 Å². The summed E-state index contributed by atoms with van der Waals surface area (Å²) in [5.74, 6) is -1.04. The maximum atomic E-state index is 12.9. The average Bonchev–Trinajstić information content (AvgIpc) is 2.52. The van der Waals surface area contributed by atoms with E-state index in [2.05, 4.69) is 4.99 Å². The maximum absolute atomic E-state index is 12.9. The van der Waals surface area contributed by atoms with E-state index in [0.29, 0.717) is 12.1 Å². The van der Waals surface area contributed by atoms with Crippen LogP contribution in [0.15, 0.2) is 47.6 Å². The lowest BCUT2D eigenvalue weighted by Gasteiger charge is -2.14. The van der Waals surface area contributed by atoms with Gasteiger partial charge in [-0.15, -0.1) is 0 Å². The lowest BCUT2D eigenvalue weighted by molar-refractivity contribution is -0.143. The van der Waals surface area contributed by atoms with Crippen LogP contribution in [0, 0.1) is 0 Å². The van der Waals surface area contributed by atoms with Crippen LogP contribution in [0.2, 0.25) is 0 Å². The number of carbonyl (C=O) groups is 1. The standard InChI is InChI=1S/C17H14F6N2O/c1-10(2)24-14-5-3-4-6-25(14)15(26)11-7-12(16(18,19)20)9-13(8-11)17(21,22)23/h3-10H,1-2H3. The van der Waals surface area contributed by atoms with Crippen molar-refractivity contribution in [2.45, 2.75) is 32.2 Å². The van der Waals surface area contributed by atoms with Gasteiger partial charge in [-0.1, -0.05) is 6.07 Å². The van der Waals surface area contributed by atoms with Crippen molar-refractivity contribution >= 4 is 5.91 Å². The fraction of sp³-hybridized carbons (Fsp3) is 0.294. The Labute approximate surface area is 144 Å². The summed E-state index contributed by atoms with van der Waals surface area (Å²) in [6, 6.07) is 4.97. The van der Waals surface area contributed by atoms with Gasteiger partial charge in [0, 0.05) is 17.8 Å². The molecule has 26 heavy (non-hydrogen) atoms. The largest absolute Gasteiger partial charge is 0.416 e. The molecule has 0 aliphatic rings. The second-order valence-corrected chi connectivity index (χ2v) is 5.75. The van der Waals surface area contributed by atoms with Crippen LogP contribution in [0.1, 0.15) is 35.3 Å². The molecule has 0 bridgehead atoms.